The van der Waals surface area contributed by atoms with Crippen molar-refractivity contribution in [3.8, 4) is 6.19 Å². The summed E-state index contributed by atoms with van der Waals surface area (Å²) in [7, 11) is 1.59. The van der Waals surface area contributed by atoms with Crippen LogP contribution in [0.25, 0.3) is 0 Å². The first kappa shape index (κ1) is 10.8. The fraction of sp³-hybridized carbons (Fsp3) is 0.286. The molecule has 0 spiro atoms. The fourth-order valence-corrected chi connectivity index (χ4v) is 1.69. The molecule has 0 amide bonds. The highest BCUT2D eigenvalue weighted by molar-refractivity contribution is 7.15. The summed E-state index contributed by atoms with van der Waals surface area (Å²) < 4.78 is 0.505. The Hall–Kier alpha value is -1.32. The van der Waals surface area contributed by atoms with Crippen LogP contribution in [0.3, 0.4) is 0 Å². The predicted molar refractivity (Wildman–Crippen MR) is 56.1 cm³/mol. The van der Waals surface area contributed by atoms with Gasteiger partial charge in [0.15, 0.2) is 10.7 Å². The molecule has 0 fully saturated rings. The first-order chi connectivity index (χ1) is 6.76. The Balaban J connectivity index is 2.44. The molecule has 1 aromatic heterocycles. The van der Waals surface area contributed by atoms with Gasteiger partial charge in [-0.3, -0.25) is 10.3 Å². The number of nitrogens with zero attached hydrogens (tertiary/aromatic N) is 3. The minimum absolute atomic E-state index is 0.428. The Morgan fingerprint density at radius 3 is 3.14 bits per heavy atom. The normalized spacial score (nSPS) is 10.8. The van der Waals surface area contributed by atoms with E-state index in [9.17, 15) is 0 Å². The monoisotopic (exact) mass is 229 g/mol. The molecule has 7 heteroatoms. The third-order valence-corrected chi connectivity index (χ3v) is 2.47. The van der Waals surface area contributed by atoms with Crippen LogP contribution in [0, 0.1) is 11.5 Å². The van der Waals surface area contributed by atoms with Crippen molar-refractivity contribution in [2.45, 2.75) is 6.54 Å². The van der Waals surface area contributed by atoms with Gasteiger partial charge in [0.05, 0.1) is 6.54 Å². The van der Waals surface area contributed by atoms with Gasteiger partial charge in [-0.2, -0.15) is 5.26 Å². The lowest BCUT2D eigenvalue weighted by atomic mass is 10.5. The lowest BCUT2D eigenvalue weighted by Crippen LogP contribution is -2.33. The van der Waals surface area contributed by atoms with Crippen LogP contribution in [0.4, 0.5) is 0 Å². The van der Waals surface area contributed by atoms with Gasteiger partial charge in [0.1, 0.15) is 0 Å². The van der Waals surface area contributed by atoms with Gasteiger partial charge in [-0.25, -0.2) is 4.98 Å². The largest absolute Gasteiger partial charge is 0.351 e. The van der Waals surface area contributed by atoms with Gasteiger partial charge in [-0.1, -0.05) is 11.6 Å². The van der Waals surface area contributed by atoms with E-state index in [1.807, 2.05) is 0 Å². The maximum Gasteiger partial charge on any atom is 0.204 e. The van der Waals surface area contributed by atoms with E-state index in [2.05, 4.69) is 20.6 Å². The maximum atomic E-state index is 8.36. The summed E-state index contributed by atoms with van der Waals surface area (Å²) in [6.45, 7) is 0.547. The Kier molecular flexibility index (Phi) is 4.16. The van der Waals surface area contributed by atoms with E-state index in [0.29, 0.717) is 17.0 Å². The molecule has 1 rings (SSSR count). The Bertz CT molecular complexity index is 366. The molecule has 5 nitrogen and oxygen atoms in total. The summed E-state index contributed by atoms with van der Waals surface area (Å²) in [6, 6.07) is 0. The molecule has 0 atom stereocenters. The lowest BCUT2D eigenvalue weighted by molar-refractivity contribution is 0.892. The van der Waals surface area contributed by atoms with Crippen LogP contribution in [0.2, 0.25) is 4.47 Å². The molecule has 2 N–H and O–H groups in total. The SMILES string of the molecule is CN=C(NC#N)NCc1cnc(Cl)s1. The molecule has 74 valence electrons. The molecule has 0 bridgehead atoms. The number of rotatable bonds is 2. The van der Waals surface area contributed by atoms with Gasteiger partial charge >= 0.3 is 0 Å². The number of hydrogen-bond acceptors (Lipinski definition) is 4. The quantitative estimate of drug-likeness (QED) is 0.343. The summed E-state index contributed by atoms with van der Waals surface area (Å²) in [6.07, 6.45) is 3.46. The first-order valence-corrected chi connectivity index (χ1v) is 4.91. The van der Waals surface area contributed by atoms with Crippen molar-refractivity contribution < 1.29 is 0 Å². The molecule has 0 saturated carbocycles. The zero-order valence-corrected chi connectivity index (χ0v) is 8.98. The van der Waals surface area contributed by atoms with Gasteiger partial charge in [-0.05, 0) is 0 Å². The average Bonchev–Trinajstić information content (AvgIpc) is 2.59. The second-order valence-electron chi connectivity index (χ2n) is 2.24. The number of halogens is 1. The fourth-order valence-electron chi connectivity index (χ4n) is 0.768. The highest BCUT2D eigenvalue weighted by Crippen LogP contribution is 2.16. The Morgan fingerprint density at radius 1 is 1.86 bits per heavy atom. The van der Waals surface area contributed by atoms with Gasteiger partial charge in [0.25, 0.3) is 0 Å². The van der Waals surface area contributed by atoms with Crippen LogP contribution in [0.5, 0.6) is 0 Å². The number of aromatic nitrogens is 1. The van der Waals surface area contributed by atoms with Gasteiger partial charge < -0.3 is 5.32 Å². The van der Waals surface area contributed by atoms with Gasteiger partial charge in [0, 0.05) is 18.1 Å². The van der Waals surface area contributed by atoms with E-state index >= 15 is 0 Å². The number of nitrogens with one attached hydrogen (secondary N) is 2. The van der Waals surface area contributed by atoms with Crippen molar-refractivity contribution in [1.82, 2.24) is 15.6 Å². The summed E-state index contributed by atoms with van der Waals surface area (Å²) in [5.41, 5.74) is 0. The summed E-state index contributed by atoms with van der Waals surface area (Å²) >= 11 is 7.04. The third-order valence-electron chi connectivity index (χ3n) is 1.35. The molecule has 1 aromatic rings. The number of hydrogen-bond donors (Lipinski definition) is 2. The molecular formula is C7H8ClN5S. The molecule has 0 radical (unpaired) electrons. The standard InChI is InChI=1S/C7H8ClN5S/c1-10-7(13-4-9)12-3-5-2-11-6(8)14-5/h2H,3H2,1H3,(H2,10,12,13). The smallest absolute Gasteiger partial charge is 0.204 e. The minimum atomic E-state index is 0.428. The highest BCUT2D eigenvalue weighted by atomic mass is 35.5. The zero-order chi connectivity index (χ0) is 10.4. The number of aliphatic imine (C=N–C) groups is 1. The predicted octanol–water partition coefficient (Wildman–Crippen LogP) is 0.943. The van der Waals surface area contributed by atoms with E-state index in [-0.39, 0.29) is 0 Å². The zero-order valence-electron chi connectivity index (χ0n) is 7.41. The maximum absolute atomic E-state index is 8.36. The number of nitriles is 1. The van der Waals surface area contributed by atoms with Crippen molar-refractivity contribution >= 4 is 28.9 Å². The van der Waals surface area contributed by atoms with E-state index in [4.69, 9.17) is 16.9 Å². The van der Waals surface area contributed by atoms with Gasteiger partial charge in [0.2, 0.25) is 5.96 Å². The topological polar surface area (TPSA) is 73.1 Å². The highest BCUT2D eigenvalue weighted by Gasteiger charge is 2.00. The van der Waals surface area contributed by atoms with Crippen LogP contribution in [-0.4, -0.2) is 18.0 Å². The second-order valence-corrected chi connectivity index (χ2v) is 3.94. The average molecular weight is 230 g/mol. The van der Waals surface area contributed by atoms with Gasteiger partial charge in [-0.15, -0.1) is 11.3 Å². The Morgan fingerprint density at radius 2 is 2.64 bits per heavy atom. The van der Waals surface area contributed by atoms with Crippen LogP contribution in [-0.2, 0) is 6.54 Å². The molecule has 0 aliphatic heterocycles. The van der Waals surface area contributed by atoms with Crippen LogP contribution >= 0.6 is 22.9 Å². The summed E-state index contributed by atoms with van der Waals surface area (Å²) in [5.74, 6) is 0.428. The second kappa shape index (κ2) is 5.42. The lowest BCUT2D eigenvalue weighted by Gasteiger charge is -2.03. The van der Waals surface area contributed by atoms with Crippen LogP contribution in [0.1, 0.15) is 4.88 Å². The molecule has 0 aliphatic carbocycles. The van der Waals surface area contributed by atoms with Crippen LogP contribution < -0.4 is 10.6 Å². The van der Waals surface area contributed by atoms with E-state index < -0.39 is 0 Å². The van der Waals surface area contributed by atoms with E-state index in [1.54, 1.807) is 19.4 Å². The number of guanidine groups is 1. The third kappa shape index (κ3) is 3.20. The minimum Gasteiger partial charge on any atom is -0.351 e. The molecule has 0 aliphatic rings. The number of thiazole rings is 1. The molecule has 0 saturated heterocycles. The molecule has 1 heterocycles. The van der Waals surface area contributed by atoms with Crippen molar-refractivity contribution in [2.75, 3.05) is 7.05 Å². The molecule has 14 heavy (non-hydrogen) atoms. The summed E-state index contributed by atoms with van der Waals surface area (Å²) in [5, 5.41) is 13.7. The Labute approximate surface area is 90.4 Å². The van der Waals surface area contributed by atoms with Crippen molar-refractivity contribution in [3.63, 3.8) is 0 Å². The van der Waals surface area contributed by atoms with E-state index in [0.717, 1.165) is 4.88 Å². The van der Waals surface area contributed by atoms with Crippen molar-refractivity contribution in [2.24, 2.45) is 4.99 Å². The molecule has 0 aromatic carbocycles. The van der Waals surface area contributed by atoms with E-state index in [1.165, 1.54) is 11.3 Å². The van der Waals surface area contributed by atoms with Crippen molar-refractivity contribution in [1.29, 1.82) is 5.26 Å². The molecule has 0 unspecified atom stereocenters. The van der Waals surface area contributed by atoms with Crippen molar-refractivity contribution in [3.05, 3.63) is 15.5 Å². The van der Waals surface area contributed by atoms with Crippen LogP contribution in [0.15, 0.2) is 11.2 Å². The molecular weight excluding hydrogens is 222 g/mol. The first-order valence-electron chi connectivity index (χ1n) is 3.72. The summed E-state index contributed by atoms with van der Waals surface area (Å²) in [4.78, 5) is 8.69.